The minimum Gasteiger partial charge on any atom is -0.507 e. The summed E-state index contributed by atoms with van der Waals surface area (Å²) in [4.78, 5) is 22.7. The molecule has 0 spiro atoms. The SMILES string of the molecule is O=C(Cc1ccc([N+](=O)[O-])cc1)c1c(O)cc(OC2O[C@H](CO)[C@@H](O)[C@H](O)[C@H]2O)cc1O. The molecule has 1 heterocycles. The van der Waals surface area contributed by atoms with Crippen molar-refractivity contribution in [2.75, 3.05) is 6.61 Å². The summed E-state index contributed by atoms with van der Waals surface area (Å²) in [5.74, 6) is -2.18. The van der Waals surface area contributed by atoms with Gasteiger partial charge in [0.15, 0.2) is 5.78 Å². The Morgan fingerprint density at radius 2 is 1.62 bits per heavy atom. The van der Waals surface area contributed by atoms with Crippen LogP contribution in [-0.2, 0) is 11.2 Å². The quantitative estimate of drug-likeness (QED) is 0.182. The molecule has 12 heteroatoms. The van der Waals surface area contributed by atoms with E-state index in [1.165, 1.54) is 24.3 Å². The molecule has 1 saturated heterocycles. The van der Waals surface area contributed by atoms with Crippen molar-refractivity contribution in [3.05, 3.63) is 57.6 Å². The summed E-state index contributed by atoms with van der Waals surface area (Å²) in [5.41, 5.74) is -0.146. The van der Waals surface area contributed by atoms with E-state index in [4.69, 9.17) is 9.47 Å². The van der Waals surface area contributed by atoms with Crippen LogP contribution in [0.2, 0.25) is 0 Å². The van der Waals surface area contributed by atoms with Gasteiger partial charge >= 0.3 is 0 Å². The largest absolute Gasteiger partial charge is 0.507 e. The predicted octanol–water partition coefficient (Wildman–Crippen LogP) is -0.390. The molecule has 1 aliphatic heterocycles. The summed E-state index contributed by atoms with van der Waals surface area (Å²) in [6.07, 6.45) is -8.01. The normalized spacial score (nSPS) is 25.3. The van der Waals surface area contributed by atoms with Crippen molar-refractivity contribution in [2.45, 2.75) is 37.1 Å². The van der Waals surface area contributed by atoms with Crippen LogP contribution in [0.25, 0.3) is 0 Å². The first kappa shape index (κ1) is 23.4. The zero-order chi connectivity index (χ0) is 23.6. The maximum Gasteiger partial charge on any atom is 0.269 e. The average molecular weight is 451 g/mol. The molecule has 12 nitrogen and oxygen atoms in total. The molecule has 1 unspecified atom stereocenters. The molecule has 3 rings (SSSR count). The van der Waals surface area contributed by atoms with Gasteiger partial charge in [-0.15, -0.1) is 0 Å². The summed E-state index contributed by atoms with van der Waals surface area (Å²) >= 11 is 0. The van der Waals surface area contributed by atoms with Crippen LogP contribution in [0, 0.1) is 10.1 Å². The molecule has 0 saturated carbocycles. The van der Waals surface area contributed by atoms with Crippen molar-refractivity contribution in [1.29, 1.82) is 0 Å². The van der Waals surface area contributed by atoms with Crippen LogP contribution in [0.15, 0.2) is 36.4 Å². The van der Waals surface area contributed by atoms with Gasteiger partial charge in [0.25, 0.3) is 5.69 Å². The van der Waals surface area contributed by atoms with Gasteiger partial charge in [-0.3, -0.25) is 14.9 Å². The molecule has 0 bridgehead atoms. The van der Waals surface area contributed by atoms with Gasteiger partial charge in [-0.05, 0) is 5.56 Å². The zero-order valence-electron chi connectivity index (χ0n) is 16.4. The number of hydrogen-bond acceptors (Lipinski definition) is 11. The topological polar surface area (TPSA) is 200 Å². The van der Waals surface area contributed by atoms with E-state index in [0.29, 0.717) is 5.56 Å². The molecule has 1 aliphatic rings. The van der Waals surface area contributed by atoms with Crippen LogP contribution >= 0.6 is 0 Å². The van der Waals surface area contributed by atoms with Gasteiger partial charge < -0.3 is 40.1 Å². The van der Waals surface area contributed by atoms with Crippen LogP contribution < -0.4 is 4.74 Å². The number of Topliss-reactive ketones (excluding diaryl/α,β-unsaturated/α-hetero) is 1. The lowest BCUT2D eigenvalue weighted by molar-refractivity contribution is -0.384. The molecule has 0 aromatic heterocycles. The van der Waals surface area contributed by atoms with E-state index in [0.717, 1.165) is 12.1 Å². The number of nitrogens with zero attached hydrogens (tertiary/aromatic N) is 1. The lowest BCUT2D eigenvalue weighted by Gasteiger charge is -2.39. The Bertz CT molecular complexity index is 969. The Balaban J connectivity index is 1.76. The number of carbonyl (C=O) groups is 1. The first-order valence-electron chi connectivity index (χ1n) is 9.42. The van der Waals surface area contributed by atoms with E-state index >= 15 is 0 Å². The van der Waals surface area contributed by atoms with Crippen molar-refractivity contribution < 1.29 is 49.8 Å². The highest BCUT2D eigenvalue weighted by Crippen LogP contribution is 2.35. The number of ketones is 1. The second-order valence-electron chi connectivity index (χ2n) is 7.18. The fraction of sp³-hybridized carbons (Fsp3) is 0.350. The molecule has 0 radical (unpaired) electrons. The number of nitro groups is 1. The Labute approximate surface area is 180 Å². The number of benzene rings is 2. The van der Waals surface area contributed by atoms with Crippen molar-refractivity contribution in [3.8, 4) is 17.2 Å². The van der Waals surface area contributed by atoms with Gasteiger partial charge in [-0.25, -0.2) is 0 Å². The molecule has 0 aliphatic carbocycles. The molecule has 6 N–H and O–H groups in total. The standard InChI is InChI=1S/C20H21NO11/c22-8-15-17(26)18(27)19(28)20(32-15)31-11-6-13(24)16(14(25)7-11)12(23)5-9-1-3-10(4-2-9)21(29)30/h1-4,6-7,15,17-20,22,24-28H,5,8H2/t15-,17-,18+,19-,20?/m1/s1. The van der Waals surface area contributed by atoms with Crippen molar-refractivity contribution in [1.82, 2.24) is 0 Å². The highest BCUT2D eigenvalue weighted by Gasteiger charge is 2.44. The zero-order valence-corrected chi connectivity index (χ0v) is 16.4. The maximum atomic E-state index is 12.5. The molecule has 172 valence electrons. The number of aliphatic hydroxyl groups excluding tert-OH is 4. The number of phenols is 2. The lowest BCUT2D eigenvalue weighted by atomic mass is 9.99. The van der Waals surface area contributed by atoms with Crippen LogP contribution in [0.3, 0.4) is 0 Å². The van der Waals surface area contributed by atoms with Crippen LogP contribution in [-0.4, -0.2) is 78.7 Å². The van der Waals surface area contributed by atoms with Crippen molar-refractivity contribution >= 4 is 11.5 Å². The summed E-state index contributed by atoms with van der Waals surface area (Å²) < 4.78 is 10.5. The lowest BCUT2D eigenvalue weighted by Crippen LogP contribution is -2.60. The number of aliphatic hydroxyl groups is 4. The third-order valence-corrected chi connectivity index (χ3v) is 4.96. The van der Waals surface area contributed by atoms with Crippen molar-refractivity contribution in [2.24, 2.45) is 0 Å². The molecular formula is C20H21NO11. The van der Waals surface area contributed by atoms with E-state index in [9.17, 15) is 45.5 Å². The van der Waals surface area contributed by atoms with Crippen LogP contribution in [0.5, 0.6) is 17.2 Å². The molecule has 5 atom stereocenters. The van der Waals surface area contributed by atoms with Gasteiger partial charge in [-0.1, -0.05) is 12.1 Å². The van der Waals surface area contributed by atoms with Gasteiger partial charge in [0.2, 0.25) is 6.29 Å². The van der Waals surface area contributed by atoms with E-state index in [1.54, 1.807) is 0 Å². The van der Waals surface area contributed by atoms with Gasteiger partial charge in [0, 0.05) is 30.7 Å². The van der Waals surface area contributed by atoms with Gasteiger partial charge in [0.05, 0.1) is 11.5 Å². The van der Waals surface area contributed by atoms with E-state index in [2.05, 4.69) is 0 Å². The number of rotatable bonds is 7. The third-order valence-electron chi connectivity index (χ3n) is 4.96. The smallest absolute Gasteiger partial charge is 0.269 e. The second-order valence-corrected chi connectivity index (χ2v) is 7.18. The number of hydrogen-bond donors (Lipinski definition) is 6. The minimum absolute atomic E-state index is 0.151. The maximum absolute atomic E-state index is 12.5. The monoisotopic (exact) mass is 451 g/mol. The van der Waals surface area contributed by atoms with Crippen LogP contribution in [0.1, 0.15) is 15.9 Å². The first-order chi connectivity index (χ1) is 15.1. The van der Waals surface area contributed by atoms with E-state index < -0.39 is 65.1 Å². The molecule has 2 aromatic rings. The highest BCUT2D eigenvalue weighted by atomic mass is 16.7. The van der Waals surface area contributed by atoms with Gasteiger partial charge in [0.1, 0.15) is 47.2 Å². The molecular weight excluding hydrogens is 430 g/mol. The van der Waals surface area contributed by atoms with E-state index in [-0.39, 0.29) is 17.9 Å². The molecule has 0 amide bonds. The number of nitro benzene ring substituents is 1. The number of carbonyl (C=O) groups excluding carboxylic acids is 1. The Morgan fingerprint density at radius 3 is 2.16 bits per heavy atom. The molecule has 32 heavy (non-hydrogen) atoms. The number of ether oxygens (including phenoxy) is 2. The average Bonchev–Trinajstić information content (AvgIpc) is 2.74. The summed E-state index contributed by atoms with van der Waals surface area (Å²) in [7, 11) is 0. The third kappa shape index (κ3) is 4.79. The van der Waals surface area contributed by atoms with Crippen LogP contribution in [0.4, 0.5) is 5.69 Å². The highest BCUT2D eigenvalue weighted by molar-refractivity contribution is 6.02. The minimum atomic E-state index is -1.71. The number of phenolic OH excluding ortho intramolecular Hbond substituents is 2. The van der Waals surface area contributed by atoms with Crippen molar-refractivity contribution in [3.63, 3.8) is 0 Å². The fourth-order valence-electron chi connectivity index (χ4n) is 3.25. The fourth-order valence-corrected chi connectivity index (χ4v) is 3.25. The van der Waals surface area contributed by atoms with Gasteiger partial charge in [-0.2, -0.15) is 0 Å². The van der Waals surface area contributed by atoms with E-state index in [1.807, 2.05) is 0 Å². The number of aromatic hydroxyl groups is 2. The second kappa shape index (κ2) is 9.46. The summed E-state index contributed by atoms with van der Waals surface area (Å²) in [6.45, 7) is -0.669. The Hall–Kier alpha value is -3.29. The molecule has 1 fully saturated rings. The first-order valence-corrected chi connectivity index (χ1v) is 9.42. The summed E-state index contributed by atoms with van der Waals surface area (Å²) in [6, 6.07) is 7.15. The Morgan fingerprint density at radius 1 is 1.03 bits per heavy atom. The molecule has 2 aromatic carbocycles. The predicted molar refractivity (Wildman–Crippen MR) is 105 cm³/mol. The number of non-ortho nitro benzene ring substituents is 1. The Kier molecular flexibility index (Phi) is 6.91. The summed E-state index contributed by atoms with van der Waals surface area (Å²) in [5, 5.41) is 70.0.